The van der Waals surface area contributed by atoms with Crippen molar-refractivity contribution in [3.05, 3.63) is 11.6 Å². The number of Topliss-reactive ketones (excluding diaryl/α,β-unsaturated/α-hetero) is 1. The minimum absolute atomic E-state index is 0.181. The maximum Gasteiger partial charge on any atom is 0.419 e. The molecule has 0 bridgehead atoms. The molecular formula is C8H9F3O. The van der Waals surface area contributed by atoms with Crippen LogP contribution in [-0.2, 0) is 4.79 Å². The summed E-state index contributed by atoms with van der Waals surface area (Å²) in [7, 11) is 0. The van der Waals surface area contributed by atoms with Crippen molar-refractivity contribution in [2.45, 2.75) is 26.4 Å². The van der Waals surface area contributed by atoms with Gasteiger partial charge >= 0.3 is 6.18 Å². The summed E-state index contributed by atoms with van der Waals surface area (Å²) >= 11 is 0. The maximum absolute atomic E-state index is 12.1. The van der Waals surface area contributed by atoms with E-state index in [0.717, 1.165) is 6.08 Å². The van der Waals surface area contributed by atoms with Crippen LogP contribution < -0.4 is 0 Å². The van der Waals surface area contributed by atoms with Crippen LogP contribution in [0.15, 0.2) is 11.6 Å². The van der Waals surface area contributed by atoms with Crippen LogP contribution in [0.25, 0.3) is 0 Å². The Kier molecular flexibility index (Phi) is 1.81. The SMILES string of the molecule is CC1(C)CC=C(C(F)(F)F)C1=O. The third-order valence-electron chi connectivity index (χ3n) is 1.98. The van der Waals surface area contributed by atoms with Gasteiger partial charge in [0.05, 0.1) is 5.57 Å². The standard InChI is InChI=1S/C8H9F3O/c1-7(2)4-3-5(6(7)12)8(9,10)11/h3H,4H2,1-2H3. The van der Waals surface area contributed by atoms with Gasteiger partial charge in [-0.2, -0.15) is 13.2 Å². The average Bonchev–Trinajstić information content (AvgIpc) is 2.06. The van der Waals surface area contributed by atoms with Gasteiger partial charge in [-0.3, -0.25) is 4.79 Å². The van der Waals surface area contributed by atoms with Gasteiger partial charge < -0.3 is 0 Å². The van der Waals surface area contributed by atoms with Crippen molar-refractivity contribution in [2.75, 3.05) is 0 Å². The van der Waals surface area contributed by atoms with Gasteiger partial charge in [-0.15, -0.1) is 0 Å². The Bertz CT molecular complexity index is 248. The Balaban J connectivity index is 2.94. The highest BCUT2D eigenvalue weighted by Gasteiger charge is 2.47. The topological polar surface area (TPSA) is 17.1 Å². The van der Waals surface area contributed by atoms with Crippen LogP contribution in [0.1, 0.15) is 20.3 Å². The van der Waals surface area contributed by atoms with Crippen LogP contribution in [0.2, 0.25) is 0 Å². The van der Waals surface area contributed by atoms with Gasteiger partial charge in [0.15, 0.2) is 5.78 Å². The monoisotopic (exact) mass is 178 g/mol. The molecule has 1 nitrogen and oxygen atoms in total. The maximum atomic E-state index is 12.1. The smallest absolute Gasteiger partial charge is 0.294 e. The highest BCUT2D eigenvalue weighted by molar-refractivity contribution is 6.02. The van der Waals surface area contributed by atoms with Crippen molar-refractivity contribution in [3.8, 4) is 0 Å². The zero-order chi connectivity index (χ0) is 9.57. The van der Waals surface area contributed by atoms with Crippen LogP contribution in [0, 0.1) is 5.41 Å². The first-order valence-corrected chi connectivity index (χ1v) is 3.57. The van der Waals surface area contributed by atoms with Gasteiger partial charge in [-0.05, 0) is 6.42 Å². The molecule has 0 spiro atoms. The first kappa shape index (κ1) is 9.29. The van der Waals surface area contributed by atoms with Gasteiger partial charge in [0, 0.05) is 5.41 Å². The molecule has 0 amide bonds. The highest BCUT2D eigenvalue weighted by atomic mass is 19.4. The lowest BCUT2D eigenvalue weighted by Crippen LogP contribution is -2.26. The van der Waals surface area contributed by atoms with Gasteiger partial charge in [0.25, 0.3) is 0 Å². The lowest BCUT2D eigenvalue weighted by Gasteiger charge is -2.16. The van der Waals surface area contributed by atoms with E-state index in [9.17, 15) is 18.0 Å². The van der Waals surface area contributed by atoms with E-state index in [4.69, 9.17) is 0 Å². The molecule has 0 saturated heterocycles. The quantitative estimate of drug-likeness (QED) is 0.556. The van der Waals surface area contributed by atoms with E-state index in [2.05, 4.69) is 0 Å². The largest absolute Gasteiger partial charge is 0.419 e. The zero-order valence-electron chi connectivity index (χ0n) is 6.83. The lowest BCUT2D eigenvalue weighted by atomic mass is 9.88. The van der Waals surface area contributed by atoms with Gasteiger partial charge in [0.2, 0.25) is 0 Å². The van der Waals surface area contributed by atoms with Crippen molar-refractivity contribution in [1.82, 2.24) is 0 Å². The minimum Gasteiger partial charge on any atom is -0.294 e. The van der Waals surface area contributed by atoms with E-state index < -0.39 is 22.9 Å². The van der Waals surface area contributed by atoms with Crippen molar-refractivity contribution in [1.29, 1.82) is 0 Å². The molecule has 0 aromatic carbocycles. The molecule has 4 heteroatoms. The van der Waals surface area contributed by atoms with E-state index in [-0.39, 0.29) is 6.42 Å². The minimum atomic E-state index is -4.48. The fourth-order valence-corrected chi connectivity index (χ4v) is 1.15. The van der Waals surface area contributed by atoms with Gasteiger partial charge in [-0.1, -0.05) is 19.9 Å². The summed E-state index contributed by atoms with van der Waals surface area (Å²) in [6.45, 7) is 3.04. The van der Waals surface area contributed by atoms with Crippen LogP contribution in [0.5, 0.6) is 0 Å². The van der Waals surface area contributed by atoms with E-state index in [0.29, 0.717) is 0 Å². The predicted molar refractivity (Wildman–Crippen MR) is 37.5 cm³/mol. The number of allylic oxidation sites excluding steroid dienone is 2. The number of rotatable bonds is 0. The normalized spacial score (nSPS) is 22.8. The first-order chi connectivity index (χ1) is 5.25. The number of alkyl halides is 3. The predicted octanol–water partition coefficient (Wildman–Crippen LogP) is 2.47. The molecule has 0 aromatic heterocycles. The Labute approximate surface area is 68.3 Å². The summed E-state index contributed by atoms with van der Waals surface area (Å²) < 4.78 is 36.2. The molecule has 0 aromatic rings. The van der Waals surface area contributed by atoms with Crippen molar-refractivity contribution in [2.24, 2.45) is 5.41 Å². The second kappa shape index (κ2) is 2.34. The van der Waals surface area contributed by atoms with E-state index in [1.165, 1.54) is 13.8 Å². The van der Waals surface area contributed by atoms with Crippen LogP contribution in [-0.4, -0.2) is 12.0 Å². The first-order valence-electron chi connectivity index (χ1n) is 3.57. The summed E-state index contributed by atoms with van der Waals surface area (Å²) in [4.78, 5) is 11.1. The van der Waals surface area contributed by atoms with Crippen molar-refractivity contribution in [3.63, 3.8) is 0 Å². The molecule has 0 unspecified atom stereocenters. The second-order valence-corrected chi connectivity index (χ2v) is 3.53. The summed E-state index contributed by atoms with van der Waals surface area (Å²) in [5.74, 6) is -0.796. The molecule has 12 heavy (non-hydrogen) atoms. The van der Waals surface area contributed by atoms with Crippen LogP contribution >= 0.6 is 0 Å². The summed E-state index contributed by atoms with van der Waals surface area (Å²) in [6, 6.07) is 0. The third-order valence-corrected chi connectivity index (χ3v) is 1.98. The molecule has 0 N–H and O–H groups in total. The molecule has 0 heterocycles. The molecule has 0 atom stereocenters. The van der Waals surface area contributed by atoms with Crippen molar-refractivity contribution < 1.29 is 18.0 Å². The van der Waals surface area contributed by atoms with E-state index in [1.807, 2.05) is 0 Å². The summed E-state index contributed by atoms with van der Waals surface area (Å²) in [6.07, 6.45) is -3.33. The molecule has 1 rings (SSSR count). The fraction of sp³-hybridized carbons (Fsp3) is 0.625. The Morgan fingerprint density at radius 2 is 1.92 bits per heavy atom. The number of hydrogen-bond acceptors (Lipinski definition) is 1. The molecular weight excluding hydrogens is 169 g/mol. The molecule has 0 saturated carbocycles. The van der Waals surface area contributed by atoms with Gasteiger partial charge in [0.1, 0.15) is 0 Å². The second-order valence-electron chi connectivity index (χ2n) is 3.53. The molecule has 0 aliphatic heterocycles. The molecule has 1 aliphatic carbocycles. The zero-order valence-corrected chi connectivity index (χ0v) is 6.83. The molecule has 68 valence electrons. The van der Waals surface area contributed by atoms with E-state index in [1.54, 1.807) is 0 Å². The molecule has 0 radical (unpaired) electrons. The third kappa shape index (κ3) is 1.38. The number of ketones is 1. The van der Waals surface area contributed by atoms with Crippen LogP contribution in [0.4, 0.5) is 13.2 Å². The number of hydrogen-bond donors (Lipinski definition) is 0. The van der Waals surface area contributed by atoms with Crippen molar-refractivity contribution >= 4 is 5.78 Å². The number of halogens is 3. The highest BCUT2D eigenvalue weighted by Crippen LogP contribution is 2.40. The van der Waals surface area contributed by atoms with E-state index >= 15 is 0 Å². The number of carbonyl (C=O) groups is 1. The van der Waals surface area contributed by atoms with Crippen LogP contribution in [0.3, 0.4) is 0 Å². The molecule has 0 fully saturated rings. The Morgan fingerprint density at radius 1 is 1.42 bits per heavy atom. The Morgan fingerprint density at radius 3 is 2.08 bits per heavy atom. The average molecular weight is 178 g/mol. The Hall–Kier alpha value is -0.800. The fourth-order valence-electron chi connectivity index (χ4n) is 1.15. The summed E-state index contributed by atoms with van der Waals surface area (Å²) in [5.41, 5.74) is -1.86. The number of carbonyl (C=O) groups excluding carboxylic acids is 1. The summed E-state index contributed by atoms with van der Waals surface area (Å²) in [5, 5.41) is 0. The molecule has 1 aliphatic rings. The van der Waals surface area contributed by atoms with Gasteiger partial charge in [-0.25, -0.2) is 0 Å². The lowest BCUT2D eigenvalue weighted by molar-refractivity contribution is -0.133.